The quantitative estimate of drug-likeness (QED) is 0.495. The first-order chi connectivity index (χ1) is 16.5. The number of rotatable bonds is 7. The molecule has 0 atom stereocenters. The van der Waals surface area contributed by atoms with Gasteiger partial charge < -0.3 is 25.0 Å². The molecule has 1 aliphatic rings. The first-order valence-electron chi connectivity index (χ1n) is 11.1. The number of nitrogens with zero attached hydrogens (tertiary/aromatic N) is 2. The van der Waals surface area contributed by atoms with Crippen LogP contribution >= 0.6 is 11.6 Å². The second-order valence-electron chi connectivity index (χ2n) is 7.87. The zero-order valence-corrected chi connectivity index (χ0v) is 19.6. The Balaban J connectivity index is 1.47. The molecule has 1 aliphatic heterocycles. The van der Waals surface area contributed by atoms with E-state index < -0.39 is 11.9 Å². The molecule has 3 aromatic rings. The van der Waals surface area contributed by atoms with E-state index in [1.165, 1.54) is 0 Å². The van der Waals surface area contributed by atoms with Crippen LogP contribution in [0.4, 0.5) is 17.1 Å². The Morgan fingerprint density at radius 3 is 2.32 bits per heavy atom. The number of halogens is 1. The van der Waals surface area contributed by atoms with Crippen molar-refractivity contribution in [3.05, 3.63) is 82.9 Å². The number of carboxylic acids is 1. The third kappa shape index (κ3) is 5.26. The summed E-state index contributed by atoms with van der Waals surface area (Å²) in [5.41, 5.74) is 2.56. The molecule has 0 radical (unpaired) electrons. The fraction of sp³-hybridized carbons (Fsp3) is 0.231. The average Bonchev–Trinajstić information content (AvgIpc) is 2.85. The van der Waals surface area contributed by atoms with Gasteiger partial charge in [-0.25, -0.2) is 4.79 Å². The summed E-state index contributed by atoms with van der Waals surface area (Å²) in [6, 6.07) is 19.5. The number of carbonyl (C=O) groups excluding carboxylic acids is 1. The number of benzene rings is 3. The zero-order valence-electron chi connectivity index (χ0n) is 18.8. The van der Waals surface area contributed by atoms with Crippen LogP contribution in [-0.2, 0) is 0 Å². The fourth-order valence-corrected chi connectivity index (χ4v) is 4.14. The van der Waals surface area contributed by atoms with Gasteiger partial charge in [0.2, 0.25) is 0 Å². The molecule has 1 heterocycles. The van der Waals surface area contributed by atoms with E-state index >= 15 is 0 Å². The van der Waals surface area contributed by atoms with E-state index in [1.54, 1.807) is 36.4 Å². The Labute approximate surface area is 203 Å². The van der Waals surface area contributed by atoms with Crippen LogP contribution in [-0.4, -0.2) is 49.8 Å². The summed E-state index contributed by atoms with van der Waals surface area (Å²) in [5.74, 6) is -0.626. The monoisotopic (exact) mass is 479 g/mol. The Hall–Kier alpha value is -3.71. The Morgan fingerprint density at radius 1 is 0.971 bits per heavy atom. The smallest absolute Gasteiger partial charge is 0.337 e. The molecule has 0 aliphatic carbocycles. The van der Waals surface area contributed by atoms with E-state index in [4.69, 9.17) is 16.3 Å². The largest absolute Gasteiger partial charge is 0.492 e. The van der Waals surface area contributed by atoms with Crippen molar-refractivity contribution in [3.8, 4) is 5.75 Å². The maximum Gasteiger partial charge on any atom is 0.337 e. The molecule has 8 heteroatoms. The van der Waals surface area contributed by atoms with Crippen molar-refractivity contribution in [2.45, 2.75) is 6.92 Å². The minimum Gasteiger partial charge on any atom is -0.492 e. The SMILES string of the molecule is CCOc1ccccc1N1CCN(c2ccc(NC(=O)c3ccc(Cl)cc3)c(C(=O)O)c2)CC1. The van der Waals surface area contributed by atoms with Gasteiger partial charge in [-0.3, -0.25) is 4.79 Å². The van der Waals surface area contributed by atoms with Crippen LogP contribution in [0.1, 0.15) is 27.6 Å². The van der Waals surface area contributed by atoms with Crippen molar-refractivity contribution in [1.29, 1.82) is 0 Å². The van der Waals surface area contributed by atoms with Crippen molar-refractivity contribution >= 4 is 40.5 Å². The van der Waals surface area contributed by atoms with Crippen LogP contribution in [0.2, 0.25) is 5.02 Å². The molecule has 2 N–H and O–H groups in total. The second kappa shape index (κ2) is 10.5. The molecule has 7 nitrogen and oxygen atoms in total. The van der Waals surface area contributed by atoms with E-state index in [1.807, 2.05) is 31.2 Å². The number of piperazine rings is 1. The summed E-state index contributed by atoms with van der Waals surface area (Å²) in [7, 11) is 0. The number of aromatic carboxylic acids is 1. The third-order valence-electron chi connectivity index (χ3n) is 5.74. The zero-order chi connectivity index (χ0) is 24.1. The first kappa shape index (κ1) is 23.4. The van der Waals surface area contributed by atoms with Crippen LogP contribution in [0.25, 0.3) is 0 Å². The highest BCUT2D eigenvalue weighted by atomic mass is 35.5. The third-order valence-corrected chi connectivity index (χ3v) is 5.99. The molecule has 34 heavy (non-hydrogen) atoms. The number of hydrogen-bond donors (Lipinski definition) is 2. The highest BCUT2D eigenvalue weighted by Crippen LogP contribution is 2.30. The number of carbonyl (C=O) groups is 2. The number of amides is 1. The molecule has 4 rings (SSSR count). The minimum atomic E-state index is -1.10. The van der Waals surface area contributed by atoms with Gasteiger partial charge in [-0.05, 0) is 61.5 Å². The summed E-state index contributed by atoms with van der Waals surface area (Å²) in [6.45, 7) is 5.60. The van der Waals surface area contributed by atoms with E-state index in [9.17, 15) is 14.7 Å². The topological polar surface area (TPSA) is 82.1 Å². The molecular weight excluding hydrogens is 454 g/mol. The average molecular weight is 480 g/mol. The number of nitrogens with one attached hydrogen (secondary N) is 1. The number of para-hydroxylation sites is 2. The van der Waals surface area contributed by atoms with Crippen molar-refractivity contribution in [3.63, 3.8) is 0 Å². The molecule has 0 saturated carbocycles. The first-order valence-corrected chi connectivity index (χ1v) is 11.5. The maximum atomic E-state index is 12.6. The van der Waals surface area contributed by atoms with Crippen LogP contribution in [0.5, 0.6) is 5.75 Å². The van der Waals surface area contributed by atoms with Crippen LogP contribution in [0.15, 0.2) is 66.7 Å². The van der Waals surface area contributed by atoms with Crippen molar-refractivity contribution < 1.29 is 19.4 Å². The van der Waals surface area contributed by atoms with Crippen molar-refractivity contribution in [2.75, 3.05) is 47.9 Å². The molecule has 1 amide bonds. The number of anilines is 3. The standard InChI is InChI=1S/C26H26ClN3O4/c1-2-34-24-6-4-3-5-23(24)30-15-13-29(14-16-30)20-11-12-22(21(17-20)26(32)33)28-25(31)18-7-9-19(27)10-8-18/h3-12,17H,2,13-16H2,1H3,(H,28,31)(H,32,33). The molecule has 3 aromatic carbocycles. The van der Waals surface area contributed by atoms with Crippen molar-refractivity contribution in [2.24, 2.45) is 0 Å². The predicted molar refractivity (Wildman–Crippen MR) is 135 cm³/mol. The van der Waals surface area contributed by atoms with Gasteiger partial charge in [0, 0.05) is 42.5 Å². The highest BCUT2D eigenvalue weighted by Gasteiger charge is 2.22. The lowest BCUT2D eigenvalue weighted by Gasteiger charge is -2.38. The summed E-state index contributed by atoms with van der Waals surface area (Å²) in [5, 5.41) is 13.0. The fourth-order valence-electron chi connectivity index (χ4n) is 4.01. The summed E-state index contributed by atoms with van der Waals surface area (Å²) >= 11 is 5.88. The molecule has 1 fully saturated rings. The van der Waals surface area contributed by atoms with Gasteiger partial charge in [0.25, 0.3) is 5.91 Å². The lowest BCUT2D eigenvalue weighted by Crippen LogP contribution is -2.46. The molecule has 0 unspecified atom stereocenters. The Bertz CT molecular complexity index is 1170. The van der Waals surface area contributed by atoms with Crippen LogP contribution in [0, 0.1) is 0 Å². The molecule has 0 spiro atoms. The van der Waals surface area contributed by atoms with Gasteiger partial charge in [0.15, 0.2) is 0 Å². The van der Waals surface area contributed by atoms with Crippen LogP contribution in [0.3, 0.4) is 0 Å². The lowest BCUT2D eigenvalue weighted by molar-refractivity contribution is 0.0698. The van der Waals surface area contributed by atoms with Gasteiger partial charge in [-0.15, -0.1) is 0 Å². The molecule has 1 saturated heterocycles. The Kier molecular flexibility index (Phi) is 7.23. The van der Waals surface area contributed by atoms with E-state index in [0.717, 1.165) is 43.3 Å². The van der Waals surface area contributed by atoms with Gasteiger partial charge in [0.1, 0.15) is 5.75 Å². The molecular formula is C26H26ClN3O4. The number of hydrogen-bond acceptors (Lipinski definition) is 5. The number of carboxylic acid groups (broad SMARTS) is 1. The molecule has 176 valence electrons. The molecule has 0 aromatic heterocycles. The number of ether oxygens (including phenoxy) is 1. The van der Waals surface area contributed by atoms with E-state index in [2.05, 4.69) is 21.2 Å². The maximum absolute atomic E-state index is 12.6. The highest BCUT2D eigenvalue weighted by molar-refractivity contribution is 6.30. The Morgan fingerprint density at radius 2 is 1.65 bits per heavy atom. The van der Waals surface area contributed by atoms with E-state index in [-0.39, 0.29) is 11.3 Å². The summed E-state index contributed by atoms with van der Waals surface area (Å²) < 4.78 is 5.76. The van der Waals surface area contributed by atoms with Gasteiger partial charge in [-0.1, -0.05) is 23.7 Å². The summed E-state index contributed by atoms with van der Waals surface area (Å²) in [4.78, 5) is 28.9. The summed E-state index contributed by atoms with van der Waals surface area (Å²) in [6.07, 6.45) is 0. The van der Waals surface area contributed by atoms with Crippen molar-refractivity contribution in [1.82, 2.24) is 0 Å². The minimum absolute atomic E-state index is 0.0453. The van der Waals surface area contributed by atoms with Gasteiger partial charge in [0.05, 0.1) is 23.5 Å². The second-order valence-corrected chi connectivity index (χ2v) is 8.31. The lowest BCUT2D eigenvalue weighted by atomic mass is 10.1. The molecule has 0 bridgehead atoms. The normalized spacial score (nSPS) is 13.5. The van der Waals surface area contributed by atoms with E-state index in [0.29, 0.717) is 17.2 Å². The van der Waals surface area contributed by atoms with Crippen LogP contribution < -0.4 is 19.9 Å². The van der Waals surface area contributed by atoms with Gasteiger partial charge in [-0.2, -0.15) is 0 Å². The predicted octanol–water partition coefficient (Wildman–Crippen LogP) is 5.02. The van der Waals surface area contributed by atoms with Gasteiger partial charge >= 0.3 is 5.97 Å².